The van der Waals surface area contributed by atoms with E-state index >= 15 is 0 Å². The van der Waals surface area contributed by atoms with Gasteiger partial charge < -0.3 is 19.2 Å². The van der Waals surface area contributed by atoms with Gasteiger partial charge >= 0.3 is 0 Å². The van der Waals surface area contributed by atoms with Crippen LogP contribution in [0.4, 0.5) is 0 Å². The molecule has 0 spiro atoms. The maximum absolute atomic E-state index is 5.55. The number of fused-ring (bicyclic) bond motifs is 1. The average Bonchev–Trinajstić information content (AvgIpc) is 3.23. The third-order valence-electron chi connectivity index (χ3n) is 4.46. The summed E-state index contributed by atoms with van der Waals surface area (Å²) in [6.45, 7) is 3.42. The van der Waals surface area contributed by atoms with E-state index in [2.05, 4.69) is 43.4 Å². The highest BCUT2D eigenvalue weighted by Gasteiger charge is 2.18. The Kier molecular flexibility index (Phi) is 5.43. The molecule has 2 heterocycles. The molecule has 5 heteroatoms. The van der Waals surface area contributed by atoms with Gasteiger partial charge in [-0.05, 0) is 63.7 Å². The number of likely N-dealkylation sites (N-methyl/N-ethyl adjacent to an activating group) is 1. The normalized spacial score (nSPS) is 15.7. The third-order valence-corrected chi connectivity index (χ3v) is 4.46. The van der Waals surface area contributed by atoms with E-state index in [1.807, 2.05) is 18.2 Å². The van der Waals surface area contributed by atoms with Crippen LogP contribution in [0.25, 0.3) is 0 Å². The zero-order chi connectivity index (χ0) is 16.9. The van der Waals surface area contributed by atoms with Gasteiger partial charge in [-0.3, -0.25) is 4.90 Å². The van der Waals surface area contributed by atoms with Crippen LogP contribution in [0, 0.1) is 0 Å². The van der Waals surface area contributed by atoms with Crippen LogP contribution in [0.15, 0.2) is 41.0 Å². The third kappa shape index (κ3) is 4.10. The SMILES string of the molecule is CC(CCc1ccc2c(c1)OCO2)NCC(c1ccco1)N(C)C. The quantitative estimate of drug-likeness (QED) is 0.805. The lowest BCUT2D eigenvalue weighted by Gasteiger charge is -2.24. The molecule has 3 rings (SSSR count). The van der Waals surface area contributed by atoms with Gasteiger partial charge in [0.05, 0.1) is 12.3 Å². The number of furan rings is 1. The van der Waals surface area contributed by atoms with Crippen LogP contribution in [0.2, 0.25) is 0 Å². The van der Waals surface area contributed by atoms with E-state index in [9.17, 15) is 0 Å². The van der Waals surface area contributed by atoms with Crippen molar-refractivity contribution >= 4 is 0 Å². The van der Waals surface area contributed by atoms with Crippen LogP contribution >= 0.6 is 0 Å². The number of nitrogens with one attached hydrogen (secondary N) is 1. The molecule has 5 nitrogen and oxygen atoms in total. The summed E-state index contributed by atoms with van der Waals surface area (Å²) < 4.78 is 16.3. The van der Waals surface area contributed by atoms with E-state index in [-0.39, 0.29) is 6.04 Å². The van der Waals surface area contributed by atoms with Crippen molar-refractivity contribution in [2.75, 3.05) is 27.4 Å². The second-order valence-corrected chi connectivity index (χ2v) is 6.53. The molecule has 24 heavy (non-hydrogen) atoms. The van der Waals surface area contributed by atoms with Gasteiger partial charge in [0.2, 0.25) is 6.79 Å². The Morgan fingerprint density at radius 2 is 2.00 bits per heavy atom. The van der Waals surface area contributed by atoms with Crippen molar-refractivity contribution in [3.05, 3.63) is 47.9 Å². The first-order valence-corrected chi connectivity index (χ1v) is 8.45. The lowest BCUT2D eigenvalue weighted by atomic mass is 10.1. The maximum Gasteiger partial charge on any atom is 0.231 e. The molecule has 1 aromatic heterocycles. The van der Waals surface area contributed by atoms with Crippen molar-refractivity contribution in [2.24, 2.45) is 0 Å². The number of hydrogen-bond acceptors (Lipinski definition) is 5. The second-order valence-electron chi connectivity index (χ2n) is 6.53. The molecule has 0 bridgehead atoms. The highest BCUT2D eigenvalue weighted by Crippen LogP contribution is 2.32. The minimum Gasteiger partial charge on any atom is -0.468 e. The van der Waals surface area contributed by atoms with Gasteiger partial charge in [0, 0.05) is 12.6 Å². The number of ether oxygens (including phenoxy) is 2. The van der Waals surface area contributed by atoms with Crippen molar-refractivity contribution in [2.45, 2.75) is 31.8 Å². The van der Waals surface area contributed by atoms with Crippen LogP contribution in [-0.4, -0.2) is 38.4 Å². The highest BCUT2D eigenvalue weighted by molar-refractivity contribution is 5.44. The molecule has 0 saturated carbocycles. The number of hydrogen-bond donors (Lipinski definition) is 1. The summed E-state index contributed by atoms with van der Waals surface area (Å²) in [7, 11) is 4.15. The molecule has 0 amide bonds. The summed E-state index contributed by atoms with van der Waals surface area (Å²) in [6, 6.07) is 10.8. The Balaban J connectivity index is 1.48. The van der Waals surface area contributed by atoms with E-state index in [0.717, 1.165) is 36.6 Å². The number of rotatable bonds is 8. The number of benzene rings is 1. The van der Waals surface area contributed by atoms with Crippen molar-refractivity contribution < 1.29 is 13.9 Å². The molecular formula is C19H26N2O3. The van der Waals surface area contributed by atoms with Gasteiger partial charge in [-0.2, -0.15) is 0 Å². The smallest absolute Gasteiger partial charge is 0.231 e. The molecule has 0 fully saturated rings. The van der Waals surface area contributed by atoms with E-state index < -0.39 is 0 Å². The summed E-state index contributed by atoms with van der Waals surface area (Å²) in [6.07, 6.45) is 3.81. The molecule has 1 N–H and O–H groups in total. The maximum atomic E-state index is 5.55. The van der Waals surface area contributed by atoms with Gasteiger partial charge in [-0.25, -0.2) is 0 Å². The monoisotopic (exact) mass is 330 g/mol. The largest absolute Gasteiger partial charge is 0.468 e. The number of nitrogens with zero attached hydrogens (tertiary/aromatic N) is 1. The van der Waals surface area contributed by atoms with Gasteiger partial charge in [0.25, 0.3) is 0 Å². The zero-order valence-electron chi connectivity index (χ0n) is 14.6. The van der Waals surface area contributed by atoms with Crippen LogP contribution < -0.4 is 14.8 Å². The molecule has 0 radical (unpaired) electrons. The molecule has 1 aliphatic heterocycles. The Labute approximate surface area is 143 Å². The first-order valence-electron chi connectivity index (χ1n) is 8.45. The Bertz CT molecular complexity index is 640. The van der Waals surface area contributed by atoms with Crippen LogP contribution in [0.3, 0.4) is 0 Å². The van der Waals surface area contributed by atoms with E-state index in [1.165, 1.54) is 5.56 Å². The van der Waals surface area contributed by atoms with Crippen LogP contribution in [0.1, 0.15) is 30.7 Å². The zero-order valence-corrected chi connectivity index (χ0v) is 14.6. The molecule has 130 valence electrons. The Morgan fingerprint density at radius 3 is 2.75 bits per heavy atom. The lowest BCUT2D eigenvalue weighted by Crippen LogP contribution is -2.35. The molecule has 0 aliphatic carbocycles. The summed E-state index contributed by atoms with van der Waals surface area (Å²) in [5.41, 5.74) is 1.28. The van der Waals surface area contributed by atoms with Crippen molar-refractivity contribution in [1.82, 2.24) is 10.2 Å². The van der Waals surface area contributed by atoms with Gasteiger partial charge in [-0.1, -0.05) is 6.07 Å². The number of aryl methyl sites for hydroxylation is 1. The van der Waals surface area contributed by atoms with Gasteiger partial charge in [0.15, 0.2) is 11.5 Å². The molecule has 1 aliphatic rings. The van der Waals surface area contributed by atoms with Crippen LogP contribution in [0.5, 0.6) is 11.5 Å². The lowest BCUT2D eigenvalue weighted by molar-refractivity contribution is 0.174. The molecular weight excluding hydrogens is 304 g/mol. The first-order chi connectivity index (χ1) is 11.6. The molecule has 2 atom stereocenters. The van der Waals surface area contributed by atoms with Crippen molar-refractivity contribution in [3.63, 3.8) is 0 Å². The van der Waals surface area contributed by atoms with Crippen molar-refractivity contribution in [3.8, 4) is 11.5 Å². The highest BCUT2D eigenvalue weighted by atomic mass is 16.7. The summed E-state index contributed by atoms with van der Waals surface area (Å²) in [5.74, 6) is 2.70. The average molecular weight is 330 g/mol. The predicted octanol–water partition coefficient (Wildman–Crippen LogP) is 3.22. The molecule has 2 unspecified atom stereocenters. The summed E-state index contributed by atoms with van der Waals surface area (Å²) in [4.78, 5) is 2.18. The summed E-state index contributed by atoms with van der Waals surface area (Å²) in [5, 5.41) is 3.62. The molecule has 1 aromatic carbocycles. The second kappa shape index (κ2) is 7.73. The van der Waals surface area contributed by atoms with Crippen molar-refractivity contribution in [1.29, 1.82) is 0 Å². The minimum atomic E-state index is 0.244. The van der Waals surface area contributed by atoms with E-state index in [0.29, 0.717) is 12.8 Å². The Hall–Kier alpha value is -1.98. The van der Waals surface area contributed by atoms with E-state index in [4.69, 9.17) is 13.9 Å². The van der Waals surface area contributed by atoms with Gasteiger partial charge in [0.1, 0.15) is 5.76 Å². The topological polar surface area (TPSA) is 46.9 Å². The predicted molar refractivity (Wildman–Crippen MR) is 93.5 cm³/mol. The fourth-order valence-electron chi connectivity index (χ4n) is 2.91. The molecule has 0 saturated heterocycles. The van der Waals surface area contributed by atoms with E-state index in [1.54, 1.807) is 6.26 Å². The fourth-order valence-corrected chi connectivity index (χ4v) is 2.91. The molecule has 2 aromatic rings. The minimum absolute atomic E-state index is 0.244. The summed E-state index contributed by atoms with van der Waals surface area (Å²) >= 11 is 0. The van der Waals surface area contributed by atoms with Crippen LogP contribution in [-0.2, 0) is 6.42 Å². The standard InChI is InChI=1S/C19H26N2O3/c1-14(20-12-16(21(2)3)17-5-4-10-22-17)6-7-15-8-9-18-19(11-15)24-13-23-18/h4-5,8-11,14,16,20H,6-7,12-13H2,1-3H3. The van der Waals surface area contributed by atoms with Gasteiger partial charge in [-0.15, -0.1) is 0 Å². The first kappa shape index (κ1) is 16.9. The fraction of sp³-hybridized carbons (Fsp3) is 0.474. The Morgan fingerprint density at radius 1 is 1.17 bits per heavy atom.